The molecule has 1 N–H and O–H groups in total. The van der Waals surface area contributed by atoms with Crippen LogP contribution in [-0.4, -0.2) is 19.7 Å². The van der Waals surface area contributed by atoms with Gasteiger partial charge < -0.3 is 10.1 Å². The lowest BCUT2D eigenvalue weighted by Gasteiger charge is -2.22. The van der Waals surface area contributed by atoms with Crippen LogP contribution in [-0.2, 0) is 0 Å². The molecule has 1 aromatic carbocycles. The number of hydrogen-bond acceptors (Lipinski definition) is 2. The van der Waals surface area contributed by atoms with Crippen molar-refractivity contribution in [3.63, 3.8) is 0 Å². The Bertz CT molecular complexity index is 370. The largest absolute Gasteiger partial charge is 0.492 e. The maximum absolute atomic E-state index is 6.09. The molecule has 102 valence electrons. The number of rotatable bonds is 4. The highest BCUT2D eigenvalue weighted by molar-refractivity contribution is 9.10. The Balaban J connectivity index is 0.00000162. The summed E-state index contributed by atoms with van der Waals surface area (Å²) in [6.45, 7) is 3.04. The number of piperidine rings is 1. The molecule has 0 aliphatic carbocycles. The zero-order chi connectivity index (χ0) is 12.1. The summed E-state index contributed by atoms with van der Waals surface area (Å²) in [4.78, 5) is 0. The van der Waals surface area contributed by atoms with Crippen molar-refractivity contribution in [2.75, 3.05) is 19.7 Å². The van der Waals surface area contributed by atoms with Crippen LogP contribution in [0.1, 0.15) is 19.3 Å². The Labute approximate surface area is 128 Å². The second kappa shape index (κ2) is 8.26. The van der Waals surface area contributed by atoms with Gasteiger partial charge in [0, 0.05) is 4.47 Å². The van der Waals surface area contributed by atoms with Gasteiger partial charge in [0.05, 0.1) is 11.6 Å². The van der Waals surface area contributed by atoms with E-state index in [0.717, 1.165) is 42.3 Å². The fraction of sp³-hybridized carbons (Fsp3) is 0.538. The molecule has 0 unspecified atom stereocenters. The first-order valence-corrected chi connectivity index (χ1v) is 7.21. The highest BCUT2D eigenvalue weighted by Crippen LogP contribution is 2.28. The molecule has 0 atom stereocenters. The zero-order valence-corrected chi connectivity index (χ0v) is 13.3. The third kappa shape index (κ3) is 4.96. The Morgan fingerprint density at radius 2 is 2.06 bits per heavy atom. The van der Waals surface area contributed by atoms with Crippen LogP contribution in [0.25, 0.3) is 0 Å². The van der Waals surface area contributed by atoms with Gasteiger partial charge in [-0.15, -0.1) is 12.4 Å². The molecule has 5 heteroatoms. The van der Waals surface area contributed by atoms with E-state index in [1.54, 1.807) is 0 Å². The van der Waals surface area contributed by atoms with Crippen molar-refractivity contribution in [2.24, 2.45) is 5.92 Å². The first-order chi connectivity index (χ1) is 8.25. The summed E-state index contributed by atoms with van der Waals surface area (Å²) in [5, 5.41) is 4.04. The molecule has 18 heavy (non-hydrogen) atoms. The molecule has 0 radical (unpaired) electrons. The summed E-state index contributed by atoms with van der Waals surface area (Å²) in [5.41, 5.74) is 0. The number of nitrogens with one attached hydrogen (secondary N) is 1. The molecule has 0 spiro atoms. The Kier molecular flexibility index (Phi) is 7.38. The molecule has 1 aliphatic rings. The van der Waals surface area contributed by atoms with E-state index < -0.39 is 0 Å². The summed E-state index contributed by atoms with van der Waals surface area (Å²) < 4.78 is 6.70. The van der Waals surface area contributed by atoms with Crippen molar-refractivity contribution < 1.29 is 4.74 Å². The highest BCUT2D eigenvalue weighted by Gasteiger charge is 2.13. The van der Waals surface area contributed by atoms with Gasteiger partial charge in [-0.05, 0) is 56.5 Å². The maximum atomic E-state index is 6.09. The van der Waals surface area contributed by atoms with Gasteiger partial charge >= 0.3 is 0 Å². The van der Waals surface area contributed by atoms with E-state index >= 15 is 0 Å². The van der Waals surface area contributed by atoms with Gasteiger partial charge in [0.2, 0.25) is 0 Å². The highest BCUT2D eigenvalue weighted by atomic mass is 79.9. The fourth-order valence-electron chi connectivity index (χ4n) is 2.10. The van der Waals surface area contributed by atoms with E-state index in [-0.39, 0.29) is 12.4 Å². The number of hydrogen-bond donors (Lipinski definition) is 1. The summed E-state index contributed by atoms with van der Waals surface area (Å²) in [6.07, 6.45) is 3.64. The molecule has 0 bridgehead atoms. The maximum Gasteiger partial charge on any atom is 0.137 e. The third-order valence-corrected chi connectivity index (χ3v) is 3.92. The van der Waals surface area contributed by atoms with E-state index in [9.17, 15) is 0 Å². The quantitative estimate of drug-likeness (QED) is 0.870. The minimum atomic E-state index is 0. The van der Waals surface area contributed by atoms with Crippen LogP contribution in [0.3, 0.4) is 0 Å². The van der Waals surface area contributed by atoms with Crippen LogP contribution in [0.5, 0.6) is 5.75 Å². The predicted molar refractivity (Wildman–Crippen MR) is 82.1 cm³/mol. The molecule has 0 amide bonds. The summed E-state index contributed by atoms with van der Waals surface area (Å²) in [7, 11) is 0. The van der Waals surface area contributed by atoms with Gasteiger partial charge in [-0.1, -0.05) is 27.5 Å². The predicted octanol–water partition coefficient (Wildman–Crippen LogP) is 4.29. The first kappa shape index (κ1) is 16.1. The molecule has 0 aromatic heterocycles. The second-order valence-corrected chi connectivity index (χ2v) is 5.73. The molecule has 2 rings (SSSR count). The van der Waals surface area contributed by atoms with Crippen LogP contribution >= 0.6 is 39.9 Å². The standard InChI is InChI=1S/C13H17BrClNO.ClH/c14-11-1-2-13(12(15)9-11)17-8-5-10-3-6-16-7-4-10;/h1-2,9-10,16H,3-8H2;1H. The Morgan fingerprint density at radius 3 is 2.72 bits per heavy atom. The van der Waals surface area contributed by atoms with E-state index in [1.165, 1.54) is 12.8 Å². The topological polar surface area (TPSA) is 21.3 Å². The minimum Gasteiger partial charge on any atom is -0.492 e. The molecule has 1 heterocycles. The van der Waals surface area contributed by atoms with Gasteiger partial charge in [0.1, 0.15) is 5.75 Å². The van der Waals surface area contributed by atoms with E-state index in [2.05, 4.69) is 21.2 Å². The van der Waals surface area contributed by atoms with Gasteiger partial charge in [0.15, 0.2) is 0 Å². The molecule has 0 saturated carbocycles. The Morgan fingerprint density at radius 1 is 1.33 bits per heavy atom. The average Bonchev–Trinajstić information content (AvgIpc) is 2.33. The molecule has 2 nitrogen and oxygen atoms in total. The van der Waals surface area contributed by atoms with Crippen molar-refractivity contribution in [3.05, 3.63) is 27.7 Å². The van der Waals surface area contributed by atoms with E-state index in [4.69, 9.17) is 16.3 Å². The van der Waals surface area contributed by atoms with Crippen molar-refractivity contribution >= 4 is 39.9 Å². The average molecular weight is 355 g/mol. The molecule has 1 aliphatic heterocycles. The lowest BCUT2D eigenvalue weighted by Crippen LogP contribution is -2.28. The van der Waals surface area contributed by atoms with Crippen LogP contribution in [0.15, 0.2) is 22.7 Å². The van der Waals surface area contributed by atoms with Crippen molar-refractivity contribution in [2.45, 2.75) is 19.3 Å². The Hall–Kier alpha value is 0.0400. The summed E-state index contributed by atoms with van der Waals surface area (Å²) >= 11 is 9.47. The van der Waals surface area contributed by atoms with Crippen molar-refractivity contribution in [1.82, 2.24) is 5.32 Å². The lowest BCUT2D eigenvalue weighted by molar-refractivity contribution is 0.252. The first-order valence-electron chi connectivity index (χ1n) is 6.04. The van der Waals surface area contributed by atoms with Crippen LogP contribution in [0.4, 0.5) is 0 Å². The van der Waals surface area contributed by atoms with Crippen molar-refractivity contribution in [3.8, 4) is 5.75 Å². The molecule has 1 aromatic rings. The normalized spacial score (nSPS) is 16.1. The summed E-state index contributed by atoms with van der Waals surface area (Å²) in [5.74, 6) is 1.58. The van der Waals surface area contributed by atoms with Crippen LogP contribution in [0, 0.1) is 5.92 Å². The molecule has 1 saturated heterocycles. The third-order valence-electron chi connectivity index (χ3n) is 3.14. The lowest BCUT2D eigenvalue weighted by atomic mass is 9.95. The molecular formula is C13H18BrCl2NO. The number of ether oxygens (including phenoxy) is 1. The fourth-order valence-corrected chi connectivity index (χ4v) is 2.83. The number of halogens is 3. The van der Waals surface area contributed by atoms with Crippen LogP contribution < -0.4 is 10.1 Å². The second-order valence-electron chi connectivity index (χ2n) is 4.41. The van der Waals surface area contributed by atoms with Crippen molar-refractivity contribution in [1.29, 1.82) is 0 Å². The minimum absolute atomic E-state index is 0. The monoisotopic (exact) mass is 353 g/mol. The smallest absolute Gasteiger partial charge is 0.137 e. The SMILES string of the molecule is Cl.Clc1cc(Br)ccc1OCCC1CCNCC1. The number of benzene rings is 1. The van der Waals surface area contributed by atoms with Gasteiger partial charge in [0.25, 0.3) is 0 Å². The van der Waals surface area contributed by atoms with E-state index in [1.807, 2.05) is 18.2 Å². The van der Waals surface area contributed by atoms with Crippen LogP contribution in [0.2, 0.25) is 5.02 Å². The van der Waals surface area contributed by atoms with Gasteiger partial charge in [-0.25, -0.2) is 0 Å². The zero-order valence-electron chi connectivity index (χ0n) is 10.1. The summed E-state index contributed by atoms with van der Waals surface area (Å²) in [6, 6.07) is 5.72. The van der Waals surface area contributed by atoms with Gasteiger partial charge in [-0.2, -0.15) is 0 Å². The van der Waals surface area contributed by atoms with E-state index in [0.29, 0.717) is 5.02 Å². The molecule has 1 fully saturated rings. The van der Waals surface area contributed by atoms with Gasteiger partial charge in [-0.3, -0.25) is 0 Å². The molecular weight excluding hydrogens is 337 g/mol.